The number of rotatable bonds is 3. The van der Waals surface area contributed by atoms with Crippen LogP contribution in [0.3, 0.4) is 0 Å². The number of carbonyl (C=O) groups excluding carboxylic acids is 1. The molecule has 6 rings (SSSR count). The predicted molar refractivity (Wildman–Crippen MR) is 98.8 cm³/mol. The predicted octanol–water partition coefficient (Wildman–Crippen LogP) is 3.40. The Balaban J connectivity index is 1.19. The summed E-state index contributed by atoms with van der Waals surface area (Å²) in [4.78, 5) is 18.0. The zero-order valence-corrected chi connectivity index (χ0v) is 15.1. The molecule has 0 unspecified atom stereocenters. The standard InChI is InChI=1S/C22H30N2O/c25-22(21-19-11-17-10-18(13-19)14-20(21)12-17)24-8-6-23(7-9-24)15-16-4-2-1-3-5-16/h1-5,17-21H,6-15H2. The van der Waals surface area contributed by atoms with Gasteiger partial charge in [0.25, 0.3) is 0 Å². The minimum absolute atomic E-state index is 0.369. The number of piperazine rings is 1. The Hall–Kier alpha value is -1.35. The van der Waals surface area contributed by atoms with E-state index in [1.807, 2.05) is 0 Å². The number of carbonyl (C=O) groups is 1. The van der Waals surface area contributed by atoms with Gasteiger partial charge in [-0.25, -0.2) is 0 Å². The van der Waals surface area contributed by atoms with Gasteiger partial charge in [0.05, 0.1) is 0 Å². The van der Waals surface area contributed by atoms with Crippen molar-refractivity contribution < 1.29 is 4.79 Å². The Kier molecular flexibility index (Phi) is 4.08. The molecule has 1 amide bonds. The molecule has 0 atom stereocenters. The molecule has 4 aliphatic carbocycles. The summed E-state index contributed by atoms with van der Waals surface area (Å²) in [6.07, 6.45) is 6.84. The highest BCUT2D eigenvalue weighted by Gasteiger charge is 2.51. The number of benzene rings is 1. The highest BCUT2D eigenvalue weighted by atomic mass is 16.2. The molecular weight excluding hydrogens is 308 g/mol. The smallest absolute Gasteiger partial charge is 0.226 e. The van der Waals surface area contributed by atoms with Crippen molar-refractivity contribution >= 4 is 5.91 Å². The molecule has 1 aliphatic heterocycles. The summed E-state index contributed by atoms with van der Waals surface area (Å²) in [6, 6.07) is 10.7. The van der Waals surface area contributed by atoms with Crippen molar-refractivity contribution in [3.8, 4) is 0 Å². The van der Waals surface area contributed by atoms with E-state index in [1.165, 1.54) is 37.7 Å². The van der Waals surface area contributed by atoms with Crippen molar-refractivity contribution in [3.63, 3.8) is 0 Å². The van der Waals surface area contributed by atoms with Crippen LogP contribution in [0.4, 0.5) is 0 Å². The van der Waals surface area contributed by atoms with Gasteiger partial charge in [0.1, 0.15) is 0 Å². The largest absolute Gasteiger partial charge is 0.340 e. The van der Waals surface area contributed by atoms with Crippen LogP contribution >= 0.6 is 0 Å². The van der Waals surface area contributed by atoms with Gasteiger partial charge in [0, 0.05) is 38.6 Å². The van der Waals surface area contributed by atoms with Crippen molar-refractivity contribution in [2.75, 3.05) is 26.2 Å². The molecule has 3 heteroatoms. The first-order chi connectivity index (χ1) is 12.3. The molecule has 5 aliphatic rings. The summed E-state index contributed by atoms with van der Waals surface area (Å²) in [6.45, 7) is 4.91. The SMILES string of the molecule is O=C(C1C2CC3CC(C2)CC1C3)N1CCN(Cc2ccccc2)CC1. The first-order valence-corrected chi connectivity index (χ1v) is 10.3. The molecule has 5 fully saturated rings. The highest BCUT2D eigenvalue weighted by Crippen LogP contribution is 2.56. The van der Waals surface area contributed by atoms with Crippen LogP contribution < -0.4 is 0 Å². The summed E-state index contributed by atoms with van der Waals surface area (Å²) >= 11 is 0. The van der Waals surface area contributed by atoms with Crippen molar-refractivity contribution in [1.29, 1.82) is 0 Å². The summed E-state index contributed by atoms with van der Waals surface area (Å²) in [5.41, 5.74) is 1.38. The zero-order valence-electron chi connectivity index (χ0n) is 15.1. The van der Waals surface area contributed by atoms with E-state index in [0.29, 0.717) is 23.7 Å². The van der Waals surface area contributed by atoms with Crippen LogP contribution in [-0.2, 0) is 11.3 Å². The van der Waals surface area contributed by atoms with E-state index in [0.717, 1.165) is 44.6 Å². The lowest BCUT2D eigenvalue weighted by Crippen LogP contribution is -2.55. The van der Waals surface area contributed by atoms with Crippen LogP contribution in [0.15, 0.2) is 30.3 Å². The van der Waals surface area contributed by atoms with Crippen molar-refractivity contribution in [3.05, 3.63) is 35.9 Å². The highest BCUT2D eigenvalue weighted by molar-refractivity contribution is 5.80. The van der Waals surface area contributed by atoms with E-state index in [2.05, 4.69) is 40.1 Å². The van der Waals surface area contributed by atoms with Crippen LogP contribution in [0.1, 0.15) is 37.7 Å². The molecule has 0 aromatic heterocycles. The summed E-state index contributed by atoms with van der Waals surface area (Å²) in [5, 5.41) is 0. The molecule has 0 spiro atoms. The van der Waals surface area contributed by atoms with Gasteiger partial charge in [-0.3, -0.25) is 9.69 Å². The zero-order chi connectivity index (χ0) is 16.8. The third-order valence-corrected chi connectivity index (χ3v) is 7.44. The lowest BCUT2D eigenvalue weighted by atomic mass is 9.51. The van der Waals surface area contributed by atoms with Crippen molar-refractivity contribution in [1.82, 2.24) is 9.80 Å². The van der Waals surface area contributed by atoms with Gasteiger partial charge < -0.3 is 4.90 Å². The quantitative estimate of drug-likeness (QED) is 0.843. The maximum atomic E-state index is 13.3. The van der Waals surface area contributed by atoms with Crippen LogP contribution in [-0.4, -0.2) is 41.9 Å². The molecule has 1 heterocycles. The molecule has 134 valence electrons. The molecule has 1 aromatic carbocycles. The third-order valence-electron chi connectivity index (χ3n) is 7.44. The molecule has 25 heavy (non-hydrogen) atoms. The average Bonchev–Trinajstić information content (AvgIpc) is 2.62. The van der Waals surface area contributed by atoms with Crippen LogP contribution in [0.25, 0.3) is 0 Å². The third kappa shape index (κ3) is 3.01. The first kappa shape index (κ1) is 15.9. The van der Waals surface area contributed by atoms with E-state index < -0.39 is 0 Å². The molecule has 4 bridgehead atoms. The monoisotopic (exact) mass is 338 g/mol. The molecular formula is C22H30N2O. The first-order valence-electron chi connectivity index (χ1n) is 10.3. The van der Waals surface area contributed by atoms with E-state index in [4.69, 9.17) is 0 Å². The average molecular weight is 338 g/mol. The summed E-state index contributed by atoms with van der Waals surface area (Å²) < 4.78 is 0. The van der Waals surface area contributed by atoms with Gasteiger partial charge in [-0.2, -0.15) is 0 Å². The van der Waals surface area contributed by atoms with E-state index in [-0.39, 0.29) is 0 Å². The van der Waals surface area contributed by atoms with Crippen molar-refractivity contribution in [2.24, 2.45) is 29.6 Å². The number of amides is 1. The summed E-state index contributed by atoms with van der Waals surface area (Å²) in [5.74, 6) is 4.21. The molecule has 1 saturated heterocycles. The number of hydrogen-bond acceptors (Lipinski definition) is 2. The Morgan fingerprint density at radius 2 is 1.44 bits per heavy atom. The Bertz CT molecular complexity index is 592. The minimum Gasteiger partial charge on any atom is -0.340 e. The van der Waals surface area contributed by atoms with Gasteiger partial charge >= 0.3 is 0 Å². The maximum Gasteiger partial charge on any atom is 0.226 e. The van der Waals surface area contributed by atoms with Crippen molar-refractivity contribution in [2.45, 2.75) is 38.6 Å². The van der Waals surface area contributed by atoms with Gasteiger partial charge in [-0.1, -0.05) is 30.3 Å². The normalized spacial score (nSPS) is 37.4. The van der Waals surface area contributed by atoms with Crippen LogP contribution in [0.5, 0.6) is 0 Å². The summed E-state index contributed by atoms with van der Waals surface area (Å²) in [7, 11) is 0. The fourth-order valence-electron chi connectivity index (χ4n) is 6.51. The van der Waals surface area contributed by atoms with Gasteiger partial charge in [0.15, 0.2) is 0 Å². The lowest BCUT2D eigenvalue weighted by Gasteiger charge is -2.54. The maximum absolute atomic E-state index is 13.3. The Morgan fingerprint density at radius 3 is 2.04 bits per heavy atom. The van der Waals surface area contributed by atoms with E-state index in [9.17, 15) is 4.79 Å². The van der Waals surface area contributed by atoms with Gasteiger partial charge in [-0.15, -0.1) is 0 Å². The minimum atomic E-state index is 0.369. The Labute approximate surface area is 151 Å². The Morgan fingerprint density at radius 1 is 0.840 bits per heavy atom. The second-order valence-electron chi connectivity index (χ2n) is 9.04. The van der Waals surface area contributed by atoms with E-state index >= 15 is 0 Å². The second-order valence-corrected chi connectivity index (χ2v) is 9.04. The molecule has 1 aromatic rings. The number of hydrogen-bond donors (Lipinski definition) is 0. The van der Waals surface area contributed by atoms with Crippen LogP contribution in [0.2, 0.25) is 0 Å². The lowest BCUT2D eigenvalue weighted by molar-refractivity contribution is -0.150. The molecule has 0 radical (unpaired) electrons. The molecule has 4 saturated carbocycles. The topological polar surface area (TPSA) is 23.6 Å². The van der Waals surface area contributed by atoms with Gasteiger partial charge in [0.2, 0.25) is 5.91 Å². The number of nitrogens with zero attached hydrogens (tertiary/aromatic N) is 2. The van der Waals surface area contributed by atoms with Crippen LogP contribution in [0, 0.1) is 29.6 Å². The van der Waals surface area contributed by atoms with E-state index in [1.54, 1.807) is 0 Å². The van der Waals surface area contributed by atoms with Gasteiger partial charge in [-0.05, 0) is 61.3 Å². The fraction of sp³-hybridized carbons (Fsp3) is 0.682. The molecule has 0 N–H and O–H groups in total. The fourth-order valence-corrected chi connectivity index (χ4v) is 6.51. The molecule has 3 nitrogen and oxygen atoms in total. The second kappa shape index (κ2) is 6.42.